The first-order chi connectivity index (χ1) is 9.11. The van der Waals surface area contributed by atoms with Crippen molar-refractivity contribution >= 4 is 11.9 Å². The number of rotatable bonds is 3. The summed E-state index contributed by atoms with van der Waals surface area (Å²) in [5.74, 6) is -1.26. The number of carboxylic acids is 1. The van der Waals surface area contributed by atoms with Gasteiger partial charge < -0.3 is 15.7 Å². The van der Waals surface area contributed by atoms with Crippen molar-refractivity contribution in [3.63, 3.8) is 0 Å². The SMILES string of the molecule is N[C@H](C(=O)N1CCCC[C@H]1C(=O)O)c1ccccc1. The first kappa shape index (κ1) is 13.5. The van der Waals surface area contributed by atoms with Gasteiger partial charge in [0.05, 0.1) is 0 Å². The molecule has 1 saturated heterocycles. The van der Waals surface area contributed by atoms with Gasteiger partial charge in [-0.2, -0.15) is 0 Å². The van der Waals surface area contributed by atoms with Gasteiger partial charge in [0, 0.05) is 6.54 Å². The average Bonchev–Trinajstić information content (AvgIpc) is 2.46. The summed E-state index contributed by atoms with van der Waals surface area (Å²) in [6.07, 6.45) is 2.17. The number of likely N-dealkylation sites (tertiary alicyclic amines) is 1. The van der Waals surface area contributed by atoms with Crippen molar-refractivity contribution in [1.82, 2.24) is 4.90 Å². The zero-order chi connectivity index (χ0) is 13.8. The smallest absolute Gasteiger partial charge is 0.326 e. The molecule has 0 bridgehead atoms. The third-order valence-corrected chi connectivity index (χ3v) is 3.50. The molecule has 19 heavy (non-hydrogen) atoms. The maximum Gasteiger partial charge on any atom is 0.326 e. The Labute approximate surface area is 112 Å². The lowest BCUT2D eigenvalue weighted by molar-refractivity contribution is -0.152. The van der Waals surface area contributed by atoms with Crippen molar-refractivity contribution in [2.45, 2.75) is 31.3 Å². The lowest BCUT2D eigenvalue weighted by atomic mass is 9.99. The molecule has 0 saturated carbocycles. The molecule has 2 rings (SSSR count). The monoisotopic (exact) mass is 262 g/mol. The lowest BCUT2D eigenvalue weighted by Gasteiger charge is -2.34. The van der Waals surface area contributed by atoms with Gasteiger partial charge in [-0.15, -0.1) is 0 Å². The van der Waals surface area contributed by atoms with Crippen molar-refractivity contribution in [2.24, 2.45) is 5.73 Å². The molecule has 102 valence electrons. The second-order valence-corrected chi connectivity index (χ2v) is 4.77. The Morgan fingerprint density at radius 3 is 2.58 bits per heavy atom. The van der Waals surface area contributed by atoms with E-state index in [0.717, 1.165) is 12.8 Å². The van der Waals surface area contributed by atoms with Gasteiger partial charge in [-0.25, -0.2) is 4.79 Å². The summed E-state index contributed by atoms with van der Waals surface area (Å²) in [6, 6.07) is 7.50. The van der Waals surface area contributed by atoms with Crippen LogP contribution in [0.15, 0.2) is 30.3 Å². The highest BCUT2D eigenvalue weighted by Crippen LogP contribution is 2.21. The summed E-state index contributed by atoms with van der Waals surface area (Å²) >= 11 is 0. The molecular weight excluding hydrogens is 244 g/mol. The summed E-state index contributed by atoms with van der Waals surface area (Å²) < 4.78 is 0. The molecule has 0 spiro atoms. The van der Waals surface area contributed by atoms with E-state index in [2.05, 4.69) is 0 Å². The van der Waals surface area contributed by atoms with Crippen LogP contribution in [0.4, 0.5) is 0 Å². The standard InChI is InChI=1S/C14H18N2O3/c15-12(10-6-2-1-3-7-10)13(17)16-9-5-4-8-11(16)14(18)19/h1-3,6-7,11-12H,4-5,8-9,15H2,(H,18,19)/t11-,12-/m0/s1. The molecule has 1 aromatic carbocycles. The molecule has 1 aliphatic rings. The quantitative estimate of drug-likeness (QED) is 0.856. The summed E-state index contributed by atoms with van der Waals surface area (Å²) in [4.78, 5) is 25.0. The van der Waals surface area contributed by atoms with Crippen LogP contribution in [-0.2, 0) is 9.59 Å². The van der Waals surface area contributed by atoms with Crippen molar-refractivity contribution in [3.8, 4) is 0 Å². The van der Waals surface area contributed by atoms with E-state index in [1.807, 2.05) is 18.2 Å². The van der Waals surface area contributed by atoms with E-state index in [0.29, 0.717) is 18.5 Å². The highest BCUT2D eigenvalue weighted by molar-refractivity contribution is 5.87. The van der Waals surface area contributed by atoms with Crippen LogP contribution in [0.3, 0.4) is 0 Å². The number of amides is 1. The molecule has 5 heteroatoms. The normalized spacial score (nSPS) is 20.9. The van der Waals surface area contributed by atoms with Gasteiger partial charge in [0.25, 0.3) is 0 Å². The molecule has 5 nitrogen and oxygen atoms in total. The van der Waals surface area contributed by atoms with Crippen LogP contribution in [0.25, 0.3) is 0 Å². The molecule has 2 atom stereocenters. The summed E-state index contributed by atoms with van der Waals surface area (Å²) in [6.45, 7) is 0.469. The zero-order valence-corrected chi connectivity index (χ0v) is 10.7. The fraction of sp³-hybridized carbons (Fsp3) is 0.429. The minimum atomic E-state index is -0.951. The number of nitrogens with zero attached hydrogens (tertiary/aromatic N) is 1. The topological polar surface area (TPSA) is 83.6 Å². The molecule has 1 aromatic rings. The van der Waals surface area contributed by atoms with Crippen molar-refractivity contribution < 1.29 is 14.7 Å². The third kappa shape index (κ3) is 2.93. The van der Waals surface area contributed by atoms with Gasteiger partial charge >= 0.3 is 5.97 Å². The van der Waals surface area contributed by atoms with Crippen molar-refractivity contribution in [2.75, 3.05) is 6.54 Å². The molecule has 3 N–H and O–H groups in total. The van der Waals surface area contributed by atoms with Crippen molar-refractivity contribution in [3.05, 3.63) is 35.9 Å². The van der Waals surface area contributed by atoms with Crippen LogP contribution in [0.1, 0.15) is 30.9 Å². The van der Waals surface area contributed by atoms with Gasteiger partial charge in [-0.1, -0.05) is 30.3 Å². The largest absolute Gasteiger partial charge is 0.480 e. The molecule has 0 radical (unpaired) electrons. The van der Waals surface area contributed by atoms with Crippen LogP contribution in [0.2, 0.25) is 0 Å². The number of hydrogen-bond donors (Lipinski definition) is 2. The molecule has 0 aliphatic carbocycles. The summed E-state index contributed by atoms with van der Waals surface area (Å²) in [7, 11) is 0. The molecule has 1 heterocycles. The zero-order valence-electron chi connectivity index (χ0n) is 10.7. The fourth-order valence-electron chi connectivity index (χ4n) is 2.43. The van der Waals surface area contributed by atoms with Gasteiger partial charge in [0.15, 0.2) is 0 Å². The molecule has 0 aromatic heterocycles. The number of nitrogens with two attached hydrogens (primary N) is 1. The molecular formula is C14H18N2O3. The third-order valence-electron chi connectivity index (χ3n) is 3.50. The highest BCUT2D eigenvalue weighted by Gasteiger charge is 2.34. The second-order valence-electron chi connectivity index (χ2n) is 4.77. The minimum Gasteiger partial charge on any atom is -0.480 e. The molecule has 1 fully saturated rings. The number of carbonyl (C=O) groups excluding carboxylic acids is 1. The van der Waals surface area contributed by atoms with Gasteiger partial charge in [-0.3, -0.25) is 4.79 Å². The predicted molar refractivity (Wildman–Crippen MR) is 70.4 cm³/mol. The maximum atomic E-state index is 12.4. The van der Waals surface area contributed by atoms with E-state index < -0.39 is 18.1 Å². The van der Waals surface area contributed by atoms with E-state index in [-0.39, 0.29) is 5.91 Å². The first-order valence-corrected chi connectivity index (χ1v) is 6.45. The van der Waals surface area contributed by atoms with Gasteiger partial charge in [0.1, 0.15) is 12.1 Å². The fourth-order valence-corrected chi connectivity index (χ4v) is 2.43. The number of aliphatic carboxylic acids is 1. The van der Waals surface area contributed by atoms with Crippen molar-refractivity contribution in [1.29, 1.82) is 0 Å². The average molecular weight is 262 g/mol. The van der Waals surface area contributed by atoms with E-state index in [4.69, 9.17) is 5.73 Å². The van der Waals surface area contributed by atoms with Gasteiger partial charge in [0.2, 0.25) is 5.91 Å². The van der Waals surface area contributed by atoms with Crippen LogP contribution in [0.5, 0.6) is 0 Å². The molecule has 0 unspecified atom stereocenters. The van der Waals surface area contributed by atoms with Crippen LogP contribution < -0.4 is 5.73 Å². The minimum absolute atomic E-state index is 0.307. The Morgan fingerprint density at radius 1 is 1.26 bits per heavy atom. The number of carboxylic acid groups (broad SMARTS) is 1. The summed E-state index contributed by atoms with van der Waals surface area (Å²) in [5, 5.41) is 9.18. The summed E-state index contributed by atoms with van der Waals surface area (Å²) in [5.41, 5.74) is 6.66. The van der Waals surface area contributed by atoms with Crippen LogP contribution in [0, 0.1) is 0 Å². The number of piperidine rings is 1. The Kier molecular flexibility index (Phi) is 4.16. The van der Waals surface area contributed by atoms with E-state index >= 15 is 0 Å². The molecule has 1 amide bonds. The Balaban J connectivity index is 2.15. The van der Waals surface area contributed by atoms with E-state index in [9.17, 15) is 14.7 Å². The van der Waals surface area contributed by atoms with Gasteiger partial charge in [-0.05, 0) is 24.8 Å². The lowest BCUT2D eigenvalue weighted by Crippen LogP contribution is -2.50. The first-order valence-electron chi connectivity index (χ1n) is 6.45. The van der Waals surface area contributed by atoms with Crippen LogP contribution in [-0.4, -0.2) is 34.5 Å². The maximum absolute atomic E-state index is 12.4. The van der Waals surface area contributed by atoms with E-state index in [1.165, 1.54) is 4.90 Å². The number of carbonyl (C=O) groups is 2. The van der Waals surface area contributed by atoms with E-state index in [1.54, 1.807) is 12.1 Å². The molecule has 1 aliphatic heterocycles. The Morgan fingerprint density at radius 2 is 1.95 bits per heavy atom. The highest BCUT2D eigenvalue weighted by atomic mass is 16.4. The second kappa shape index (κ2) is 5.84. The Hall–Kier alpha value is -1.88. The number of hydrogen-bond acceptors (Lipinski definition) is 3. The Bertz CT molecular complexity index is 461. The number of benzene rings is 1. The predicted octanol–water partition coefficient (Wildman–Crippen LogP) is 1.15. The van der Waals surface area contributed by atoms with Crippen LogP contribution >= 0.6 is 0 Å².